The largest absolute Gasteiger partial charge is 0.390 e. The molecule has 0 saturated carbocycles. The number of benzene rings is 1. The maximum absolute atomic E-state index is 9.68. The van der Waals surface area contributed by atoms with Gasteiger partial charge >= 0.3 is 0 Å². The number of ether oxygens (including phenoxy) is 2. The van der Waals surface area contributed by atoms with Gasteiger partial charge in [0.15, 0.2) is 6.29 Å². The van der Waals surface area contributed by atoms with Crippen LogP contribution in [0.15, 0.2) is 30.3 Å². The molecule has 0 spiro atoms. The normalized spacial score (nSPS) is 33.6. The van der Waals surface area contributed by atoms with Crippen molar-refractivity contribution < 1.29 is 19.7 Å². The lowest BCUT2D eigenvalue weighted by Gasteiger charge is -2.35. The van der Waals surface area contributed by atoms with Gasteiger partial charge < -0.3 is 19.7 Å². The van der Waals surface area contributed by atoms with Crippen LogP contribution in [0.3, 0.4) is 0 Å². The van der Waals surface area contributed by atoms with Gasteiger partial charge in [0, 0.05) is 6.42 Å². The van der Waals surface area contributed by atoms with Gasteiger partial charge in [-0.05, 0) is 12.5 Å². The Kier molecular flexibility index (Phi) is 4.12. The molecular weight excluding hydrogens is 220 g/mol. The molecule has 1 aliphatic rings. The lowest BCUT2D eigenvalue weighted by molar-refractivity contribution is -0.254. The maximum atomic E-state index is 9.68. The van der Waals surface area contributed by atoms with Crippen molar-refractivity contribution in [2.24, 2.45) is 0 Å². The summed E-state index contributed by atoms with van der Waals surface area (Å²) in [7, 11) is 0. The topological polar surface area (TPSA) is 58.9 Å². The maximum Gasteiger partial charge on any atom is 0.181 e. The molecule has 1 aromatic carbocycles. The van der Waals surface area contributed by atoms with Crippen molar-refractivity contribution in [3.63, 3.8) is 0 Å². The van der Waals surface area contributed by atoms with E-state index in [1.165, 1.54) is 0 Å². The van der Waals surface area contributed by atoms with Gasteiger partial charge in [0.2, 0.25) is 0 Å². The summed E-state index contributed by atoms with van der Waals surface area (Å²) in [6.07, 6.45) is -1.96. The molecule has 1 fully saturated rings. The Labute approximate surface area is 101 Å². The molecular formula is C13H18O4. The van der Waals surface area contributed by atoms with Crippen molar-refractivity contribution in [2.75, 3.05) is 0 Å². The molecule has 0 amide bonds. The smallest absolute Gasteiger partial charge is 0.181 e. The average molecular weight is 238 g/mol. The van der Waals surface area contributed by atoms with Crippen LogP contribution < -0.4 is 0 Å². The Balaban J connectivity index is 1.87. The van der Waals surface area contributed by atoms with Crippen LogP contribution in [-0.2, 0) is 16.1 Å². The van der Waals surface area contributed by atoms with E-state index in [9.17, 15) is 10.2 Å². The molecule has 0 bridgehead atoms. The standard InChI is InChI=1S/C13H18O4/c1-9-11(14)7-12(13(15)17-9)16-8-10-5-3-2-4-6-10/h2-6,9,11-15H,7-8H2,1H3/t9-,11+,12+,13+/m1/s1. The van der Waals surface area contributed by atoms with Gasteiger partial charge in [-0.15, -0.1) is 0 Å². The Hall–Kier alpha value is -0.940. The molecule has 4 heteroatoms. The third-order valence-electron chi connectivity index (χ3n) is 2.99. The summed E-state index contributed by atoms with van der Waals surface area (Å²) in [6, 6.07) is 9.71. The lowest BCUT2D eigenvalue weighted by Crippen LogP contribution is -2.46. The molecule has 2 N–H and O–H groups in total. The lowest BCUT2D eigenvalue weighted by atomic mass is 10.0. The number of hydrogen-bond donors (Lipinski definition) is 2. The summed E-state index contributed by atoms with van der Waals surface area (Å²) in [4.78, 5) is 0. The summed E-state index contributed by atoms with van der Waals surface area (Å²) in [5.74, 6) is 0. The van der Waals surface area contributed by atoms with Crippen LogP contribution in [0.4, 0.5) is 0 Å². The molecule has 4 atom stereocenters. The van der Waals surface area contributed by atoms with Gasteiger partial charge in [-0.1, -0.05) is 30.3 Å². The van der Waals surface area contributed by atoms with Crippen LogP contribution in [-0.4, -0.2) is 34.8 Å². The Bertz CT molecular complexity index is 341. The summed E-state index contributed by atoms with van der Waals surface area (Å²) >= 11 is 0. The van der Waals surface area contributed by atoms with E-state index in [2.05, 4.69) is 0 Å². The van der Waals surface area contributed by atoms with Crippen molar-refractivity contribution in [3.05, 3.63) is 35.9 Å². The quantitative estimate of drug-likeness (QED) is 0.826. The molecule has 2 rings (SSSR count). The Morgan fingerprint density at radius 1 is 1.29 bits per heavy atom. The van der Waals surface area contributed by atoms with Gasteiger partial charge in [-0.2, -0.15) is 0 Å². The fraction of sp³-hybridized carbons (Fsp3) is 0.538. The number of aliphatic hydroxyl groups excluding tert-OH is 2. The minimum atomic E-state index is -0.961. The molecule has 4 nitrogen and oxygen atoms in total. The minimum Gasteiger partial charge on any atom is -0.390 e. The SMILES string of the molecule is C[C@H]1O[C@H](O)[C@@H](OCc2ccccc2)C[C@@H]1O. The average Bonchev–Trinajstić information content (AvgIpc) is 2.33. The van der Waals surface area contributed by atoms with Crippen molar-refractivity contribution in [3.8, 4) is 0 Å². The van der Waals surface area contributed by atoms with E-state index in [0.29, 0.717) is 13.0 Å². The van der Waals surface area contributed by atoms with Crippen LogP contribution in [0.1, 0.15) is 18.9 Å². The molecule has 1 heterocycles. The van der Waals surface area contributed by atoms with Crippen molar-refractivity contribution >= 4 is 0 Å². The third kappa shape index (κ3) is 3.26. The number of hydrogen-bond acceptors (Lipinski definition) is 4. The van der Waals surface area contributed by atoms with E-state index in [-0.39, 0.29) is 6.10 Å². The van der Waals surface area contributed by atoms with Crippen LogP contribution in [0, 0.1) is 0 Å². The summed E-state index contributed by atoms with van der Waals surface area (Å²) < 4.78 is 10.7. The highest BCUT2D eigenvalue weighted by molar-refractivity contribution is 5.13. The molecule has 94 valence electrons. The molecule has 1 saturated heterocycles. The second-order valence-corrected chi connectivity index (χ2v) is 4.37. The van der Waals surface area contributed by atoms with E-state index < -0.39 is 18.5 Å². The molecule has 17 heavy (non-hydrogen) atoms. The second-order valence-electron chi connectivity index (χ2n) is 4.37. The van der Waals surface area contributed by atoms with Gasteiger partial charge in [-0.25, -0.2) is 0 Å². The van der Waals surface area contributed by atoms with E-state index in [0.717, 1.165) is 5.56 Å². The van der Waals surface area contributed by atoms with Crippen LogP contribution in [0.25, 0.3) is 0 Å². The highest BCUT2D eigenvalue weighted by atomic mass is 16.6. The number of rotatable bonds is 3. The molecule has 1 aliphatic heterocycles. The van der Waals surface area contributed by atoms with Gasteiger partial charge in [-0.3, -0.25) is 0 Å². The van der Waals surface area contributed by atoms with Gasteiger partial charge in [0.25, 0.3) is 0 Å². The fourth-order valence-corrected chi connectivity index (χ4v) is 1.87. The third-order valence-corrected chi connectivity index (χ3v) is 2.99. The van der Waals surface area contributed by atoms with Crippen LogP contribution in [0.2, 0.25) is 0 Å². The highest BCUT2D eigenvalue weighted by Gasteiger charge is 2.34. The summed E-state index contributed by atoms with van der Waals surface area (Å²) in [6.45, 7) is 2.15. The van der Waals surface area contributed by atoms with Gasteiger partial charge in [0.05, 0.1) is 18.8 Å². The monoisotopic (exact) mass is 238 g/mol. The molecule has 0 aromatic heterocycles. The molecule has 0 radical (unpaired) electrons. The second kappa shape index (κ2) is 5.60. The first kappa shape index (κ1) is 12.5. The predicted molar refractivity (Wildman–Crippen MR) is 62.2 cm³/mol. The molecule has 0 aliphatic carbocycles. The summed E-state index contributed by atoms with van der Waals surface area (Å²) in [5, 5.41) is 19.3. The minimum absolute atomic E-state index is 0.346. The Morgan fingerprint density at radius 2 is 2.00 bits per heavy atom. The Morgan fingerprint density at radius 3 is 2.71 bits per heavy atom. The fourth-order valence-electron chi connectivity index (χ4n) is 1.87. The first-order chi connectivity index (χ1) is 8.16. The molecule has 0 unspecified atom stereocenters. The zero-order valence-electron chi connectivity index (χ0n) is 9.82. The van der Waals surface area contributed by atoms with E-state index >= 15 is 0 Å². The van der Waals surface area contributed by atoms with Crippen molar-refractivity contribution in [1.29, 1.82) is 0 Å². The zero-order valence-corrected chi connectivity index (χ0v) is 9.82. The van der Waals surface area contributed by atoms with Crippen LogP contribution >= 0.6 is 0 Å². The van der Waals surface area contributed by atoms with E-state index in [1.807, 2.05) is 30.3 Å². The first-order valence-corrected chi connectivity index (χ1v) is 5.84. The van der Waals surface area contributed by atoms with Crippen LogP contribution in [0.5, 0.6) is 0 Å². The summed E-state index contributed by atoms with van der Waals surface area (Å²) in [5.41, 5.74) is 1.04. The highest BCUT2D eigenvalue weighted by Crippen LogP contribution is 2.22. The zero-order chi connectivity index (χ0) is 12.3. The van der Waals surface area contributed by atoms with E-state index in [1.54, 1.807) is 6.92 Å². The first-order valence-electron chi connectivity index (χ1n) is 5.84. The van der Waals surface area contributed by atoms with Crippen molar-refractivity contribution in [2.45, 2.75) is 44.6 Å². The molecule has 1 aromatic rings. The van der Waals surface area contributed by atoms with Gasteiger partial charge in [0.1, 0.15) is 6.10 Å². The van der Waals surface area contributed by atoms with Crippen molar-refractivity contribution in [1.82, 2.24) is 0 Å². The number of aliphatic hydroxyl groups is 2. The predicted octanol–water partition coefficient (Wildman–Crippen LogP) is 1.06. The van der Waals surface area contributed by atoms with E-state index in [4.69, 9.17) is 9.47 Å².